The van der Waals surface area contributed by atoms with Crippen molar-refractivity contribution in [3.63, 3.8) is 0 Å². The Kier molecular flexibility index (Phi) is 4.03. The number of halogens is 7. The van der Waals surface area contributed by atoms with Crippen molar-refractivity contribution in [3.05, 3.63) is 94.3 Å². The van der Waals surface area contributed by atoms with E-state index in [1.165, 1.54) is 6.07 Å². The minimum atomic E-state index is -5.03. The first-order valence-corrected chi connectivity index (χ1v) is 8.25. The summed E-state index contributed by atoms with van der Waals surface area (Å²) >= 11 is 0. The monoisotopic (exact) mass is 396 g/mol. The van der Waals surface area contributed by atoms with Crippen molar-refractivity contribution in [2.24, 2.45) is 0 Å². The first kappa shape index (κ1) is 18.5. The molecule has 0 saturated heterocycles. The van der Waals surface area contributed by atoms with E-state index in [0.717, 1.165) is 12.1 Å². The van der Waals surface area contributed by atoms with Crippen molar-refractivity contribution >= 4 is 0 Å². The maximum absolute atomic E-state index is 14.6. The van der Waals surface area contributed by atoms with Gasteiger partial charge in [-0.05, 0) is 40.5 Å². The molecule has 0 N–H and O–H groups in total. The topological polar surface area (TPSA) is 0 Å². The Hall–Kier alpha value is -2.83. The van der Waals surface area contributed by atoms with Crippen LogP contribution >= 0.6 is 0 Å². The predicted octanol–water partition coefficient (Wildman–Crippen LogP) is 7.02. The van der Waals surface area contributed by atoms with E-state index in [2.05, 4.69) is 0 Å². The van der Waals surface area contributed by atoms with E-state index in [1.807, 2.05) is 0 Å². The summed E-state index contributed by atoms with van der Waals surface area (Å²) in [6.07, 6.45) is -9.95. The summed E-state index contributed by atoms with van der Waals surface area (Å²) in [7, 11) is 0. The highest BCUT2D eigenvalue weighted by Crippen LogP contribution is 2.51. The maximum atomic E-state index is 14.6. The van der Waals surface area contributed by atoms with Gasteiger partial charge in [0.2, 0.25) is 0 Å². The third-order valence-electron chi connectivity index (χ3n) is 4.90. The number of rotatable bonds is 1. The number of alkyl halides is 6. The minimum absolute atomic E-state index is 0.0361. The van der Waals surface area contributed by atoms with Crippen molar-refractivity contribution in [1.29, 1.82) is 0 Å². The van der Waals surface area contributed by atoms with E-state index < -0.39 is 40.8 Å². The molecule has 0 saturated carbocycles. The zero-order chi connectivity index (χ0) is 20.3. The second kappa shape index (κ2) is 6.09. The van der Waals surface area contributed by atoms with Crippen LogP contribution in [0.2, 0.25) is 0 Å². The molecule has 0 heterocycles. The van der Waals surface area contributed by atoms with Crippen LogP contribution in [0.25, 0.3) is 11.1 Å². The molecule has 0 radical (unpaired) electrons. The Balaban J connectivity index is 2.03. The molecular weight excluding hydrogens is 385 g/mol. The molecule has 0 nitrogen and oxygen atoms in total. The van der Waals surface area contributed by atoms with Gasteiger partial charge in [-0.3, -0.25) is 0 Å². The molecule has 28 heavy (non-hydrogen) atoms. The van der Waals surface area contributed by atoms with Crippen LogP contribution in [0.4, 0.5) is 30.7 Å². The molecule has 1 unspecified atom stereocenters. The lowest BCUT2D eigenvalue weighted by molar-refractivity contribution is -0.143. The Bertz CT molecular complexity index is 1060. The molecule has 4 rings (SSSR count). The highest BCUT2D eigenvalue weighted by Gasteiger charge is 2.42. The van der Waals surface area contributed by atoms with Gasteiger partial charge in [-0.15, -0.1) is 0 Å². The lowest BCUT2D eigenvalue weighted by Crippen LogP contribution is -2.16. The van der Waals surface area contributed by atoms with E-state index in [0.29, 0.717) is 22.8 Å². The highest BCUT2D eigenvalue weighted by molar-refractivity contribution is 5.81. The fourth-order valence-corrected chi connectivity index (χ4v) is 3.77. The summed E-state index contributed by atoms with van der Waals surface area (Å²) < 4.78 is 94.6. The van der Waals surface area contributed by atoms with E-state index in [1.54, 1.807) is 30.3 Å². The normalized spacial score (nSPS) is 16.0. The van der Waals surface area contributed by atoms with Crippen molar-refractivity contribution in [2.75, 3.05) is 0 Å². The number of benzene rings is 3. The van der Waals surface area contributed by atoms with Crippen LogP contribution in [0.3, 0.4) is 0 Å². The fraction of sp³-hybridized carbons (Fsp3) is 0.143. The molecule has 0 aromatic heterocycles. The second-order valence-corrected chi connectivity index (χ2v) is 6.52. The summed E-state index contributed by atoms with van der Waals surface area (Å²) in [6.45, 7) is 0. The van der Waals surface area contributed by atoms with Crippen LogP contribution in [0.1, 0.15) is 33.7 Å². The summed E-state index contributed by atoms with van der Waals surface area (Å²) in [5.74, 6) is -1.85. The Morgan fingerprint density at radius 1 is 0.643 bits per heavy atom. The van der Waals surface area contributed by atoms with Crippen LogP contribution in [0, 0.1) is 5.82 Å². The number of hydrogen-bond donors (Lipinski definition) is 0. The fourth-order valence-electron chi connectivity index (χ4n) is 3.77. The van der Waals surface area contributed by atoms with E-state index in [9.17, 15) is 30.7 Å². The summed E-state index contributed by atoms with van der Waals surface area (Å²) in [4.78, 5) is 0. The van der Waals surface area contributed by atoms with Crippen LogP contribution in [0.5, 0.6) is 0 Å². The summed E-state index contributed by atoms with van der Waals surface area (Å²) in [5.41, 5.74) is -1.76. The van der Waals surface area contributed by atoms with E-state index in [-0.39, 0.29) is 11.6 Å². The van der Waals surface area contributed by atoms with Gasteiger partial charge in [-0.25, -0.2) is 4.39 Å². The van der Waals surface area contributed by atoms with Gasteiger partial charge >= 0.3 is 12.4 Å². The number of hydrogen-bond acceptors (Lipinski definition) is 0. The second-order valence-electron chi connectivity index (χ2n) is 6.52. The number of fused-ring (bicyclic) bond motifs is 3. The van der Waals surface area contributed by atoms with Crippen molar-refractivity contribution in [3.8, 4) is 11.1 Å². The lowest BCUT2D eigenvalue weighted by Gasteiger charge is -2.22. The van der Waals surface area contributed by atoms with Crippen molar-refractivity contribution in [2.45, 2.75) is 18.3 Å². The van der Waals surface area contributed by atoms with Gasteiger partial charge in [0.25, 0.3) is 0 Å². The smallest absolute Gasteiger partial charge is 0.207 e. The van der Waals surface area contributed by atoms with Crippen molar-refractivity contribution in [1.82, 2.24) is 0 Å². The van der Waals surface area contributed by atoms with Gasteiger partial charge in [0.05, 0.1) is 11.1 Å². The quantitative estimate of drug-likeness (QED) is 0.303. The molecular formula is C21H11F7. The van der Waals surface area contributed by atoms with Gasteiger partial charge in [0.1, 0.15) is 5.82 Å². The minimum Gasteiger partial charge on any atom is -0.207 e. The first-order valence-electron chi connectivity index (χ1n) is 8.25. The van der Waals surface area contributed by atoms with E-state index >= 15 is 0 Å². The molecule has 1 aliphatic rings. The van der Waals surface area contributed by atoms with Crippen molar-refractivity contribution < 1.29 is 30.7 Å². The third kappa shape index (κ3) is 2.85. The molecule has 0 amide bonds. The molecule has 1 aliphatic carbocycles. The van der Waals surface area contributed by atoms with Crippen LogP contribution < -0.4 is 0 Å². The zero-order valence-electron chi connectivity index (χ0n) is 14.0. The first-order chi connectivity index (χ1) is 13.1. The van der Waals surface area contributed by atoms with Gasteiger partial charge in [-0.1, -0.05) is 42.5 Å². The molecule has 0 spiro atoms. The van der Waals surface area contributed by atoms with Crippen LogP contribution in [-0.2, 0) is 12.4 Å². The average Bonchev–Trinajstić information content (AvgIpc) is 2.96. The molecule has 7 heteroatoms. The van der Waals surface area contributed by atoms with Crippen LogP contribution in [0.15, 0.2) is 60.7 Å². The Morgan fingerprint density at radius 3 is 2.00 bits per heavy atom. The summed E-state index contributed by atoms with van der Waals surface area (Å²) in [5, 5.41) is 0. The third-order valence-corrected chi connectivity index (χ3v) is 4.90. The molecule has 144 valence electrons. The maximum Gasteiger partial charge on any atom is 0.416 e. The molecule has 3 aromatic carbocycles. The average molecular weight is 396 g/mol. The Labute approximate surface area is 155 Å². The molecule has 3 aromatic rings. The van der Waals surface area contributed by atoms with Gasteiger partial charge in [0, 0.05) is 11.5 Å². The van der Waals surface area contributed by atoms with Gasteiger partial charge < -0.3 is 0 Å². The largest absolute Gasteiger partial charge is 0.416 e. The lowest BCUT2D eigenvalue weighted by atomic mass is 9.85. The molecule has 0 aliphatic heterocycles. The highest BCUT2D eigenvalue weighted by atomic mass is 19.4. The Morgan fingerprint density at radius 2 is 1.32 bits per heavy atom. The van der Waals surface area contributed by atoms with E-state index in [4.69, 9.17) is 0 Å². The molecule has 0 bridgehead atoms. The van der Waals surface area contributed by atoms with Gasteiger partial charge in [-0.2, -0.15) is 26.3 Å². The predicted molar refractivity (Wildman–Crippen MR) is 89.2 cm³/mol. The zero-order valence-corrected chi connectivity index (χ0v) is 14.0. The molecule has 0 fully saturated rings. The summed E-state index contributed by atoms with van der Waals surface area (Å²) in [6, 6.07) is 12.2. The van der Waals surface area contributed by atoms with Crippen LogP contribution in [-0.4, -0.2) is 0 Å². The standard InChI is InChI=1S/C21H11F7/c22-17-7-3-6-14-12-4-1-2-5-13(12)18(19(14)17)15-9-8-11(20(23,24)25)10-16(15)21(26,27)28/h1-10,18H. The van der Waals surface area contributed by atoms with Gasteiger partial charge in [0.15, 0.2) is 0 Å². The molecule has 1 atom stereocenters. The SMILES string of the molecule is Fc1cccc2c1C(c1ccc(C(F)(F)F)cc1C(F)(F)F)c1ccccc1-2.